The number of aliphatic hydroxyl groups is 1. The van der Waals surface area contributed by atoms with Gasteiger partial charge in [0, 0.05) is 6.61 Å². The second-order valence-electron chi connectivity index (χ2n) is 2.30. The van der Waals surface area contributed by atoms with Gasteiger partial charge < -0.3 is 5.11 Å². The lowest BCUT2D eigenvalue weighted by Crippen LogP contribution is -1.84. The summed E-state index contributed by atoms with van der Waals surface area (Å²) in [4.78, 5) is 0. The molecule has 0 bridgehead atoms. The van der Waals surface area contributed by atoms with Gasteiger partial charge in [0.05, 0.1) is 0 Å². The van der Waals surface area contributed by atoms with E-state index in [0.29, 0.717) is 0 Å². The van der Waals surface area contributed by atoms with E-state index < -0.39 is 0 Å². The highest BCUT2D eigenvalue weighted by Crippen LogP contribution is 2.06. The van der Waals surface area contributed by atoms with Gasteiger partial charge >= 0.3 is 0 Å². The lowest BCUT2D eigenvalue weighted by Gasteiger charge is -1.97. The standard InChI is InChI=1S/C10H16O/c1-3-6-10(7-4-2)8-5-9-11/h3-4,6-7,11H,1,5,8-9H2,2H3/b7-4-,10-6+. The maximum Gasteiger partial charge on any atom is 0.0434 e. The summed E-state index contributed by atoms with van der Waals surface area (Å²) in [5, 5.41) is 8.57. The normalized spacial score (nSPS) is 12.4. The molecule has 0 aromatic heterocycles. The van der Waals surface area contributed by atoms with Gasteiger partial charge in [-0.3, -0.25) is 0 Å². The van der Waals surface area contributed by atoms with Crippen LogP contribution in [0.4, 0.5) is 0 Å². The molecular formula is C10H16O. The van der Waals surface area contributed by atoms with E-state index in [2.05, 4.69) is 6.58 Å². The van der Waals surface area contributed by atoms with E-state index in [0.717, 1.165) is 12.8 Å². The first kappa shape index (κ1) is 10.2. The summed E-state index contributed by atoms with van der Waals surface area (Å²) in [6.45, 7) is 5.86. The van der Waals surface area contributed by atoms with E-state index in [1.807, 2.05) is 25.2 Å². The third kappa shape index (κ3) is 5.62. The van der Waals surface area contributed by atoms with Crippen molar-refractivity contribution in [3.8, 4) is 0 Å². The van der Waals surface area contributed by atoms with Crippen molar-refractivity contribution in [3.63, 3.8) is 0 Å². The molecule has 0 aliphatic carbocycles. The molecule has 0 saturated carbocycles. The van der Waals surface area contributed by atoms with E-state index >= 15 is 0 Å². The summed E-state index contributed by atoms with van der Waals surface area (Å²) >= 11 is 0. The Labute approximate surface area is 68.7 Å². The highest BCUT2D eigenvalue weighted by atomic mass is 16.2. The van der Waals surface area contributed by atoms with Gasteiger partial charge in [-0.05, 0) is 25.3 Å². The van der Waals surface area contributed by atoms with Crippen LogP contribution in [-0.4, -0.2) is 11.7 Å². The van der Waals surface area contributed by atoms with Crippen molar-refractivity contribution in [1.82, 2.24) is 0 Å². The molecule has 62 valence electrons. The number of rotatable bonds is 5. The van der Waals surface area contributed by atoms with Crippen molar-refractivity contribution in [2.45, 2.75) is 19.8 Å². The van der Waals surface area contributed by atoms with E-state index in [1.54, 1.807) is 6.08 Å². The Morgan fingerprint density at radius 2 is 2.27 bits per heavy atom. The van der Waals surface area contributed by atoms with Crippen LogP contribution in [0, 0.1) is 0 Å². The predicted molar refractivity (Wildman–Crippen MR) is 49.4 cm³/mol. The quantitative estimate of drug-likeness (QED) is 0.600. The number of hydrogen-bond acceptors (Lipinski definition) is 1. The van der Waals surface area contributed by atoms with Crippen molar-refractivity contribution >= 4 is 0 Å². The molecule has 0 radical (unpaired) electrons. The zero-order chi connectivity index (χ0) is 8.53. The molecule has 1 N–H and O–H groups in total. The van der Waals surface area contributed by atoms with Crippen LogP contribution >= 0.6 is 0 Å². The molecule has 0 aromatic rings. The molecule has 0 rings (SSSR count). The first-order chi connectivity index (χ1) is 5.35. The third-order valence-corrected chi connectivity index (χ3v) is 1.34. The first-order valence-electron chi connectivity index (χ1n) is 3.90. The van der Waals surface area contributed by atoms with Crippen molar-refractivity contribution in [2.24, 2.45) is 0 Å². The molecule has 0 aromatic carbocycles. The van der Waals surface area contributed by atoms with Crippen LogP contribution < -0.4 is 0 Å². The van der Waals surface area contributed by atoms with Gasteiger partial charge in [-0.1, -0.05) is 30.9 Å². The average molecular weight is 152 g/mol. The molecule has 0 saturated heterocycles. The van der Waals surface area contributed by atoms with Gasteiger partial charge in [0.25, 0.3) is 0 Å². The largest absolute Gasteiger partial charge is 0.396 e. The molecule has 0 aliphatic heterocycles. The Morgan fingerprint density at radius 1 is 1.55 bits per heavy atom. The summed E-state index contributed by atoms with van der Waals surface area (Å²) in [5.74, 6) is 0. The topological polar surface area (TPSA) is 20.2 Å². The minimum atomic E-state index is 0.256. The molecule has 0 heterocycles. The zero-order valence-corrected chi connectivity index (χ0v) is 7.09. The van der Waals surface area contributed by atoms with Crippen LogP contribution in [0.2, 0.25) is 0 Å². The number of allylic oxidation sites excluding steroid dienone is 5. The highest BCUT2D eigenvalue weighted by Gasteiger charge is 1.89. The van der Waals surface area contributed by atoms with Crippen molar-refractivity contribution in [3.05, 3.63) is 36.5 Å². The molecule has 11 heavy (non-hydrogen) atoms. The minimum Gasteiger partial charge on any atom is -0.396 e. The highest BCUT2D eigenvalue weighted by molar-refractivity contribution is 5.22. The first-order valence-corrected chi connectivity index (χ1v) is 3.90. The molecular weight excluding hydrogens is 136 g/mol. The van der Waals surface area contributed by atoms with Crippen LogP contribution in [0.5, 0.6) is 0 Å². The van der Waals surface area contributed by atoms with Crippen LogP contribution in [0.1, 0.15) is 19.8 Å². The molecule has 0 amide bonds. The molecule has 0 atom stereocenters. The molecule has 0 unspecified atom stereocenters. The molecule has 0 fully saturated rings. The Kier molecular flexibility index (Phi) is 6.75. The maximum absolute atomic E-state index is 8.57. The monoisotopic (exact) mass is 152 g/mol. The van der Waals surface area contributed by atoms with Gasteiger partial charge in [0.1, 0.15) is 0 Å². The van der Waals surface area contributed by atoms with Gasteiger partial charge in [-0.2, -0.15) is 0 Å². The van der Waals surface area contributed by atoms with E-state index in [9.17, 15) is 0 Å². The smallest absolute Gasteiger partial charge is 0.0434 e. The van der Waals surface area contributed by atoms with Crippen LogP contribution in [0.3, 0.4) is 0 Å². The summed E-state index contributed by atoms with van der Waals surface area (Å²) in [6.07, 6.45) is 9.52. The Balaban J connectivity index is 3.89. The van der Waals surface area contributed by atoms with E-state index in [-0.39, 0.29) is 6.61 Å². The third-order valence-electron chi connectivity index (χ3n) is 1.34. The Morgan fingerprint density at radius 3 is 2.73 bits per heavy atom. The fourth-order valence-corrected chi connectivity index (χ4v) is 0.871. The average Bonchev–Trinajstić information content (AvgIpc) is 2.01. The van der Waals surface area contributed by atoms with Crippen LogP contribution in [0.25, 0.3) is 0 Å². The fraction of sp³-hybridized carbons (Fsp3) is 0.400. The summed E-state index contributed by atoms with van der Waals surface area (Å²) in [7, 11) is 0. The minimum absolute atomic E-state index is 0.256. The SMILES string of the molecule is C=C/C=C(\C=C/C)CCCO. The molecule has 0 spiro atoms. The maximum atomic E-state index is 8.57. The Hall–Kier alpha value is -0.820. The number of aliphatic hydroxyl groups excluding tert-OH is 1. The van der Waals surface area contributed by atoms with Crippen molar-refractivity contribution in [2.75, 3.05) is 6.61 Å². The van der Waals surface area contributed by atoms with Gasteiger partial charge in [0.15, 0.2) is 0 Å². The fourth-order valence-electron chi connectivity index (χ4n) is 0.871. The molecule has 0 aliphatic rings. The van der Waals surface area contributed by atoms with Gasteiger partial charge in [0.2, 0.25) is 0 Å². The lowest BCUT2D eigenvalue weighted by molar-refractivity contribution is 0.289. The van der Waals surface area contributed by atoms with Gasteiger partial charge in [-0.25, -0.2) is 0 Å². The lowest BCUT2D eigenvalue weighted by atomic mass is 10.1. The summed E-state index contributed by atoms with van der Waals surface area (Å²) in [6, 6.07) is 0. The summed E-state index contributed by atoms with van der Waals surface area (Å²) < 4.78 is 0. The van der Waals surface area contributed by atoms with Crippen molar-refractivity contribution in [1.29, 1.82) is 0 Å². The second kappa shape index (κ2) is 7.29. The zero-order valence-electron chi connectivity index (χ0n) is 7.09. The van der Waals surface area contributed by atoms with E-state index in [1.165, 1.54) is 5.57 Å². The second-order valence-corrected chi connectivity index (χ2v) is 2.30. The predicted octanol–water partition coefficient (Wildman–Crippen LogP) is 2.45. The Bertz CT molecular complexity index is 154. The molecule has 1 nitrogen and oxygen atoms in total. The summed E-state index contributed by atoms with van der Waals surface area (Å²) in [5.41, 5.74) is 1.22. The van der Waals surface area contributed by atoms with Gasteiger partial charge in [-0.15, -0.1) is 0 Å². The molecule has 1 heteroatoms. The van der Waals surface area contributed by atoms with Crippen molar-refractivity contribution < 1.29 is 5.11 Å². The van der Waals surface area contributed by atoms with E-state index in [4.69, 9.17) is 5.11 Å². The van der Waals surface area contributed by atoms with Crippen LogP contribution in [0.15, 0.2) is 36.5 Å². The number of hydrogen-bond donors (Lipinski definition) is 1. The van der Waals surface area contributed by atoms with Crippen LogP contribution in [-0.2, 0) is 0 Å².